The van der Waals surface area contributed by atoms with Crippen molar-refractivity contribution >= 4 is 17.4 Å². The van der Waals surface area contributed by atoms with Crippen LogP contribution in [0.15, 0.2) is 71.7 Å². The maximum atomic E-state index is 13.2. The summed E-state index contributed by atoms with van der Waals surface area (Å²) < 4.78 is 25.0. The Morgan fingerprint density at radius 1 is 1.00 bits per heavy atom. The van der Waals surface area contributed by atoms with Crippen molar-refractivity contribution in [2.45, 2.75) is 12.8 Å². The highest BCUT2D eigenvalue weighted by Gasteiger charge is 2.27. The number of ether oxygens (including phenoxy) is 2. The Hall–Kier alpha value is -3.87. The molecule has 1 fully saturated rings. The minimum atomic E-state index is -0.298. The second kappa shape index (κ2) is 9.55. The quantitative estimate of drug-likeness (QED) is 0.565. The summed E-state index contributed by atoms with van der Waals surface area (Å²) in [4.78, 5) is 22.0. The Morgan fingerprint density at radius 3 is 2.65 bits per heavy atom. The fourth-order valence-electron chi connectivity index (χ4n) is 4.39. The molecule has 0 aromatic heterocycles. The van der Waals surface area contributed by atoms with Gasteiger partial charge in [-0.15, -0.1) is 0 Å². The average molecular weight is 460 g/mol. The van der Waals surface area contributed by atoms with E-state index in [0.29, 0.717) is 36.9 Å². The lowest BCUT2D eigenvalue weighted by Gasteiger charge is -2.25. The highest BCUT2D eigenvalue weighted by atomic mass is 19.1. The average Bonchev–Trinajstić information content (AvgIpc) is 3.20. The first-order chi connectivity index (χ1) is 16.6. The van der Waals surface area contributed by atoms with Crippen LogP contribution in [0.3, 0.4) is 0 Å². The number of carbonyl (C=O) groups is 1. The summed E-state index contributed by atoms with van der Waals surface area (Å²) in [7, 11) is 1.63. The van der Waals surface area contributed by atoms with Crippen molar-refractivity contribution < 1.29 is 18.7 Å². The zero-order valence-electron chi connectivity index (χ0n) is 19.0. The van der Waals surface area contributed by atoms with Crippen LogP contribution in [0.1, 0.15) is 17.5 Å². The molecule has 2 aliphatic heterocycles. The van der Waals surface area contributed by atoms with Gasteiger partial charge in [0.2, 0.25) is 5.91 Å². The highest BCUT2D eigenvalue weighted by molar-refractivity contribution is 6.04. The Balaban J connectivity index is 1.40. The number of amides is 1. The van der Waals surface area contributed by atoms with Gasteiger partial charge in [0.25, 0.3) is 0 Å². The van der Waals surface area contributed by atoms with E-state index in [1.54, 1.807) is 19.2 Å². The molecule has 3 aromatic carbocycles. The van der Waals surface area contributed by atoms with Crippen LogP contribution in [0.5, 0.6) is 17.2 Å². The molecular weight excluding hydrogens is 433 g/mol. The van der Waals surface area contributed by atoms with E-state index in [2.05, 4.69) is 4.90 Å². The third-order valence-electron chi connectivity index (χ3n) is 6.16. The minimum absolute atomic E-state index is 0.0482. The van der Waals surface area contributed by atoms with E-state index in [1.165, 1.54) is 12.1 Å². The van der Waals surface area contributed by atoms with Crippen molar-refractivity contribution in [3.05, 3.63) is 83.7 Å². The standard InChI is InChI=1S/C27H26FN3O3/c1-33-24-9-4-6-21-26(24)34-23-8-3-2-7-22(23)29-27(21)31-15-5-14-30(16-17-31)25(32)18-19-10-12-20(28)13-11-19/h2-4,6-13H,5,14-18H2,1H3. The van der Waals surface area contributed by atoms with Crippen LogP contribution < -0.4 is 9.47 Å². The maximum Gasteiger partial charge on any atom is 0.227 e. The van der Waals surface area contributed by atoms with Crippen LogP contribution in [0.2, 0.25) is 0 Å². The number of nitrogens with zero attached hydrogens (tertiary/aromatic N) is 3. The first kappa shape index (κ1) is 21.9. The van der Waals surface area contributed by atoms with Crippen LogP contribution in [-0.2, 0) is 11.2 Å². The summed E-state index contributed by atoms with van der Waals surface area (Å²) >= 11 is 0. The van der Waals surface area contributed by atoms with Crippen molar-refractivity contribution in [3.63, 3.8) is 0 Å². The summed E-state index contributed by atoms with van der Waals surface area (Å²) in [5, 5.41) is 0. The van der Waals surface area contributed by atoms with E-state index >= 15 is 0 Å². The smallest absolute Gasteiger partial charge is 0.227 e. The van der Waals surface area contributed by atoms with E-state index in [-0.39, 0.29) is 18.1 Å². The van der Waals surface area contributed by atoms with Gasteiger partial charge in [-0.25, -0.2) is 9.38 Å². The molecule has 0 aliphatic carbocycles. The second-order valence-electron chi connectivity index (χ2n) is 8.37. The molecule has 1 saturated heterocycles. The van der Waals surface area contributed by atoms with Crippen molar-refractivity contribution in [2.75, 3.05) is 33.3 Å². The Kier molecular flexibility index (Phi) is 6.16. The van der Waals surface area contributed by atoms with E-state index < -0.39 is 0 Å². The summed E-state index contributed by atoms with van der Waals surface area (Å²) in [5.74, 6) is 2.52. The van der Waals surface area contributed by atoms with Crippen LogP contribution in [0.4, 0.5) is 10.1 Å². The monoisotopic (exact) mass is 459 g/mol. The number of para-hydroxylation sites is 3. The molecule has 6 nitrogen and oxygen atoms in total. The SMILES string of the molecule is COc1cccc2c1Oc1ccccc1N=C2N1CCCN(C(=O)Cc2ccc(F)cc2)CC1. The normalized spacial score (nSPS) is 15.3. The predicted molar refractivity (Wildman–Crippen MR) is 129 cm³/mol. The third-order valence-corrected chi connectivity index (χ3v) is 6.16. The van der Waals surface area contributed by atoms with Crippen LogP contribution in [0, 0.1) is 5.82 Å². The molecule has 0 atom stereocenters. The Morgan fingerprint density at radius 2 is 1.82 bits per heavy atom. The summed E-state index contributed by atoms with van der Waals surface area (Å²) in [6.45, 7) is 2.66. The van der Waals surface area contributed by atoms with Crippen molar-refractivity contribution in [1.82, 2.24) is 9.80 Å². The molecule has 2 heterocycles. The third kappa shape index (κ3) is 4.46. The molecule has 0 unspecified atom stereocenters. The predicted octanol–water partition coefficient (Wildman–Crippen LogP) is 4.80. The molecule has 2 aliphatic rings. The molecule has 0 spiro atoms. The van der Waals surface area contributed by atoms with Crippen LogP contribution in [0.25, 0.3) is 0 Å². The van der Waals surface area contributed by atoms with Crippen molar-refractivity contribution in [3.8, 4) is 17.2 Å². The lowest BCUT2D eigenvalue weighted by molar-refractivity contribution is -0.130. The number of amidine groups is 1. The van der Waals surface area contributed by atoms with E-state index in [1.807, 2.05) is 47.4 Å². The van der Waals surface area contributed by atoms with Crippen molar-refractivity contribution in [2.24, 2.45) is 4.99 Å². The number of hydrogen-bond acceptors (Lipinski definition) is 5. The van der Waals surface area contributed by atoms with Crippen molar-refractivity contribution in [1.29, 1.82) is 0 Å². The number of hydrogen-bond donors (Lipinski definition) is 0. The van der Waals surface area contributed by atoms with Gasteiger partial charge in [0.1, 0.15) is 17.3 Å². The molecule has 0 radical (unpaired) electrons. The minimum Gasteiger partial charge on any atom is -0.493 e. The number of rotatable bonds is 3. The largest absolute Gasteiger partial charge is 0.493 e. The van der Waals surface area contributed by atoms with Gasteiger partial charge in [0, 0.05) is 26.2 Å². The van der Waals surface area contributed by atoms with Gasteiger partial charge in [0.05, 0.1) is 19.1 Å². The van der Waals surface area contributed by atoms with E-state index in [9.17, 15) is 9.18 Å². The lowest BCUT2D eigenvalue weighted by Crippen LogP contribution is -2.38. The summed E-state index contributed by atoms with van der Waals surface area (Å²) in [6.07, 6.45) is 1.08. The number of halogens is 1. The molecular formula is C27H26FN3O3. The van der Waals surface area contributed by atoms with Crippen LogP contribution in [-0.4, -0.2) is 54.8 Å². The molecule has 0 bridgehead atoms. The van der Waals surface area contributed by atoms with Gasteiger partial charge in [-0.05, 0) is 48.4 Å². The van der Waals surface area contributed by atoms with Gasteiger partial charge < -0.3 is 19.3 Å². The first-order valence-electron chi connectivity index (χ1n) is 11.4. The zero-order valence-corrected chi connectivity index (χ0v) is 19.0. The molecule has 5 rings (SSSR count). The molecule has 1 amide bonds. The van der Waals surface area contributed by atoms with Gasteiger partial charge in [0.15, 0.2) is 17.2 Å². The molecule has 7 heteroatoms. The zero-order chi connectivity index (χ0) is 23.5. The highest BCUT2D eigenvalue weighted by Crippen LogP contribution is 2.42. The van der Waals surface area contributed by atoms with E-state index in [0.717, 1.165) is 35.6 Å². The van der Waals surface area contributed by atoms with Crippen LogP contribution >= 0.6 is 0 Å². The topological polar surface area (TPSA) is 54.4 Å². The number of aliphatic imine (C=N–C) groups is 1. The number of benzene rings is 3. The maximum absolute atomic E-state index is 13.2. The van der Waals surface area contributed by atoms with Gasteiger partial charge in [-0.2, -0.15) is 0 Å². The number of carbonyl (C=O) groups excluding carboxylic acids is 1. The molecule has 0 N–H and O–H groups in total. The first-order valence-corrected chi connectivity index (χ1v) is 11.4. The van der Waals surface area contributed by atoms with E-state index in [4.69, 9.17) is 14.5 Å². The fraction of sp³-hybridized carbons (Fsp3) is 0.259. The summed E-state index contributed by atoms with van der Waals surface area (Å²) in [6, 6.07) is 19.6. The molecule has 3 aromatic rings. The summed E-state index contributed by atoms with van der Waals surface area (Å²) in [5.41, 5.74) is 2.43. The molecule has 34 heavy (non-hydrogen) atoms. The second-order valence-corrected chi connectivity index (χ2v) is 8.37. The fourth-order valence-corrected chi connectivity index (χ4v) is 4.39. The lowest BCUT2D eigenvalue weighted by atomic mass is 10.1. The van der Waals surface area contributed by atoms with Gasteiger partial charge >= 0.3 is 0 Å². The Bertz CT molecular complexity index is 1230. The molecule has 174 valence electrons. The number of methoxy groups -OCH3 is 1. The van der Waals surface area contributed by atoms with Gasteiger partial charge in [-0.1, -0.05) is 30.3 Å². The number of fused-ring (bicyclic) bond motifs is 2. The molecule has 0 saturated carbocycles. The Labute approximate surface area is 198 Å². The van der Waals surface area contributed by atoms with Gasteiger partial charge in [-0.3, -0.25) is 4.79 Å².